The lowest BCUT2D eigenvalue weighted by atomic mass is 10.0. The van der Waals surface area contributed by atoms with Crippen LogP contribution < -0.4 is 14.9 Å². The number of anilines is 4. The number of rotatable bonds is 7. The fourth-order valence-corrected chi connectivity index (χ4v) is 4.76. The zero-order chi connectivity index (χ0) is 31.6. The fourth-order valence-electron chi connectivity index (χ4n) is 4.30. The predicted octanol–water partition coefficient (Wildman–Crippen LogP) is 4.37. The number of aromatic nitrogens is 4. The summed E-state index contributed by atoms with van der Waals surface area (Å²) < 4.78 is 71.8. The predicted molar refractivity (Wildman–Crippen MR) is 155 cm³/mol. The van der Waals surface area contributed by atoms with Crippen molar-refractivity contribution in [2.24, 2.45) is 0 Å². The van der Waals surface area contributed by atoms with Gasteiger partial charge in [0.1, 0.15) is 22.7 Å². The molecule has 0 spiro atoms. The number of ether oxygens (including phenoxy) is 1. The summed E-state index contributed by atoms with van der Waals surface area (Å²) in [5, 5.41) is 5.57. The lowest BCUT2D eigenvalue weighted by Crippen LogP contribution is -2.38. The highest BCUT2D eigenvalue weighted by Crippen LogP contribution is 2.35. The van der Waals surface area contributed by atoms with Crippen molar-refractivity contribution in [3.05, 3.63) is 59.2 Å². The van der Waals surface area contributed by atoms with Crippen LogP contribution in [-0.2, 0) is 40.3 Å². The van der Waals surface area contributed by atoms with Gasteiger partial charge in [0.2, 0.25) is 16.0 Å². The Morgan fingerprint density at radius 3 is 2.40 bits per heavy atom. The van der Waals surface area contributed by atoms with Gasteiger partial charge in [-0.25, -0.2) is 23.2 Å². The van der Waals surface area contributed by atoms with E-state index in [9.17, 15) is 26.4 Å². The molecule has 1 aliphatic heterocycles. The first-order chi connectivity index (χ1) is 20.0. The Labute approximate surface area is 247 Å². The van der Waals surface area contributed by atoms with Crippen molar-refractivity contribution in [2.75, 3.05) is 41.3 Å². The molecule has 0 saturated carbocycles. The van der Waals surface area contributed by atoms with Crippen molar-refractivity contribution in [3.8, 4) is 0 Å². The monoisotopic (exact) mass is 622 g/mol. The first-order valence-electron chi connectivity index (χ1n) is 13.3. The Hall–Kier alpha value is -4.21. The van der Waals surface area contributed by atoms with Crippen LogP contribution in [0, 0.1) is 0 Å². The molecule has 1 aliphatic rings. The zero-order valence-corrected chi connectivity index (χ0v) is 25.2. The normalized spacial score (nSPS) is 14.0. The standard InChI is InChI=1S/C27H33F3N8O4S/c1-26(2,3)42-25(39)38-12-8-17-6-7-19(14-18(17)9-13-38)35-24-34-15-20(27(28,29)30)22(36-24)33-16-21-23(32-11-10-31-21)37(4)43(5,40)41/h6-7,10-11,14-15H,8-9,12-13,16H2,1-5H3,(H2,33,34,35,36). The fraction of sp³-hybridized carbons (Fsp3) is 0.444. The van der Waals surface area contributed by atoms with E-state index in [2.05, 4.69) is 30.6 Å². The molecular formula is C27H33F3N8O4S. The number of sulfonamides is 1. The van der Waals surface area contributed by atoms with Crippen LogP contribution in [0.3, 0.4) is 0 Å². The molecule has 0 fully saturated rings. The highest BCUT2D eigenvalue weighted by atomic mass is 32.2. The van der Waals surface area contributed by atoms with E-state index in [1.54, 1.807) is 11.0 Å². The molecule has 3 heterocycles. The molecule has 1 aromatic carbocycles. The largest absolute Gasteiger partial charge is 0.444 e. The molecule has 2 N–H and O–H groups in total. The molecule has 0 unspecified atom stereocenters. The van der Waals surface area contributed by atoms with E-state index < -0.39 is 33.2 Å². The zero-order valence-electron chi connectivity index (χ0n) is 24.4. The molecule has 0 aliphatic carbocycles. The van der Waals surface area contributed by atoms with Gasteiger partial charge < -0.3 is 20.3 Å². The lowest BCUT2D eigenvalue weighted by Gasteiger charge is -2.26. The summed E-state index contributed by atoms with van der Waals surface area (Å²) in [4.78, 5) is 30.3. The maximum absolute atomic E-state index is 13.8. The summed E-state index contributed by atoms with van der Waals surface area (Å²) in [6, 6.07) is 5.52. The van der Waals surface area contributed by atoms with E-state index in [1.165, 1.54) is 19.4 Å². The van der Waals surface area contributed by atoms with Crippen LogP contribution in [0.5, 0.6) is 0 Å². The van der Waals surface area contributed by atoms with Gasteiger partial charge in [0, 0.05) is 44.4 Å². The molecule has 0 radical (unpaired) electrons. The highest BCUT2D eigenvalue weighted by molar-refractivity contribution is 7.92. The summed E-state index contributed by atoms with van der Waals surface area (Å²) in [6.45, 7) is 6.09. The Balaban J connectivity index is 1.53. The van der Waals surface area contributed by atoms with Crippen molar-refractivity contribution >= 4 is 39.4 Å². The molecule has 0 saturated heterocycles. The number of hydrogen-bond donors (Lipinski definition) is 2. The number of fused-ring (bicyclic) bond motifs is 1. The SMILES string of the molecule is CN(c1nccnc1CNc1nc(Nc2ccc3c(c2)CCN(C(=O)OC(C)(C)C)CC3)ncc1C(F)(F)F)S(C)(=O)=O. The maximum atomic E-state index is 13.8. The number of nitrogens with one attached hydrogen (secondary N) is 2. The van der Waals surface area contributed by atoms with Gasteiger partial charge in [-0.15, -0.1) is 0 Å². The third-order valence-electron chi connectivity index (χ3n) is 6.48. The number of halogens is 3. The van der Waals surface area contributed by atoms with Crippen molar-refractivity contribution in [2.45, 2.75) is 51.9 Å². The van der Waals surface area contributed by atoms with Gasteiger partial charge in [-0.1, -0.05) is 6.07 Å². The Kier molecular flexibility index (Phi) is 8.99. The molecule has 232 valence electrons. The van der Waals surface area contributed by atoms with Crippen molar-refractivity contribution in [3.63, 3.8) is 0 Å². The quantitative estimate of drug-likeness (QED) is 0.390. The van der Waals surface area contributed by atoms with Gasteiger partial charge >= 0.3 is 12.3 Å². The molecule has 2 aromatic heterocycles. The first kappa shape index (κ1) is 31.7. The second kappa shape index (κ2) is 12.2. The summed E-state index contributed by atoms with van der Waals surface area (Å²) >= 11 is 0. The number of benzene rings is 1. The van der Waals surface area contributed by atoms with E-state index >= 15 is 0 Å². The van der Waals surface area contributed by atoms with Crippen molar-refractivity contribution in [1.82, 2.24) is 24.8 Å². The van der Waals surface area contributed by atoms with E-state index in [4.69, 9.17) is 4.74 Å². The number of carbonyl (C=O) groups excluding carboxylic acids is 1. The number of amides is 1. The Bertz CT molecular complexity index is 1600. The summed E-state index contributed by atoms with van der Waals surface area (Å²) in [5.41, 5.74) is 0.970. The molecule has 1 amide bonds. The van der Waals surface area contributed by atoms with Gasteiger partial charge in [0.05, 0.1) is 12.8 Å². The van der Waals surface area contributed by atoms with Crippen molar-refractivity contribution in [1.29, 1.82) is 0 Å². The van der Waals surface area contributed by atoms with Gasteiger partial charge in [0.25, 0.3) is 0 Å². The minimum atomic E-state index is -4.76. The maximum Gasteiger partial charge on any atom is 0.421 e. The van der Waals surface area contributed by atoms with Gasteiger partial charge in [0.15, 0.2) is 5.82 Å². The smallest absolute Gasteiger partial charge is 0.421 e. The van der Waals surface area contributed by atoms with Crippen LogP contribution >= 0.6 is 0 Å². The van der Waals surface area contributed by atoms with Crippen molar-refractivity contribution < 1.29 is 31.1 Å². The molecule has 3 aromatic rings. The molecule has 4 rings (SSSR count). The van der Waals surface area contributed by atoms with Crippen LogP contribution in [0.4, 0.5) is 41.2 Å². The van der Waals surface area contributed by atoms with E-state index in [1.807, 2.05) is 32.9 Å². The number of hydrogen-bond acceptors (Lipinski definition) is 10. The van der Waals surface area contributed by atoms with Gasteiger partial charge in [-0.3, -0.25) is 9.29 Å². The van der Waals surface area contributed by atoms with Crippen LogP contribution in [0.2, 0.25) is 0 Å². The third kappa shape index (κ3) is 8.21. The minimum Gasteiger partial charge on any atom is -0.444 e. The number of carbonyl (C=O) groups is 1. The average Bonchev–Trinajstić information content (AvgIpc) is 3.12. The van der Waals surface area contributed by atoms with Gasteiger partial charge in [-0.2, -0.15) is 18.2 Å². The van der Waals surface area contributed by atoms with Gasteiger partial charge in [-0.05, 0) is 56.9 Å². The molecule has 12 nitrogen and oxygen atoms in total. The average molecular weight is 623 g/mol. The van der Waals surface area contributed by atoms with E-state index in [0.717, 1.165) is 21.7 Å². The number of alkyl halides is 3. The van der Waals surface area contributed by atoms with Crippen LogP contribution in [0.25, 0.3) is 0 Å². The lowest BCUT2D eigenvalue weighted by molar-refractivity contribution is -0.137. The molecule has 0 atom stereocenters. The van der Waals surface area contributed by atoms with Crippen LogP contribution in [0.15, 0.2) is 36.8 Å². The first-order valence-corrected chi connectivity index (χ1v) is 15.1. The Morgan fingerprint density at radius 1 is 1.07 bits per heavy atom. The molecule has 16 heteroatoms. The summed E-state index contributed by atoms with van der Waals surface area (Å²) in [6.07, 6.45) is 0.269. The topological polar surface area (TPSA) is 143 Å². The highest BCUT2D eigenvalue weighted by Gasteiger charge is 2.35. The second-order valence-electron chi connectivity index (χ2n) is 10.9. The molecule has 0 bridgehead atoms. The third-order valence-corrected chi connectivity index (χ3v) is 7.65. The van der Waals surface area contributed by atoms with E-state index in [-0.39, 0.29) is 30.1 Å². The van der Waals surface area contributed by atoms with Crippen LogP contribution in [0.1, 0.15) is 43.2 Å². The summed E-state index contributed by atoms with van der Waals surface area (Å²) in [7, 11) is -2.43. The number of nitrogens with zero attached hydrogens (tertiary/aromatic N) is 6. The van der Waals surface area contributed by atoms with E-state index in [0.29, 0.717) is 37.8 Å². The summed E-state index contributed by atoms with van der Waals surface area (Å²) in [5.74, 6) is -0.646. The minimum absolute atomic E-state index is 0.0336. The molecule has 43 heavy (non-hydrogen) atoms. The Morgan fingerprint density at radius 2 is 1.74 bits per heavy atom. The second-order valence-corrected chi connectivity index (χ2v) is 13.0. The molecular weight excluding hydrogens is 589 g/mol. The van der Waals surface area contributed by atoms with Crippen LogP contribution in [-0.4, -0.2) is 71.3 Å².